The van der Waals surface area contributed by atoms with Crippen LogP contribution < -0.4 is 42.5 Å². The Kier molecular flexibility index (Phi) is 26.0. The highest BCUT2D eigenvalue weighted by Crippen LogP contribution is 2.30. The van der Waals surface area contributed by atoms with E-state index in [-0.39, 0.29) is 83.2 Å². The van der Waals surface area contributed by atoms with Crippen LogP contribution in [-0.2, 0) is 60.7 Å². The predicted octanol–water partition coefficient (Wildman–Crippen LogP) is -0.793. The van der Waals surface area contributed by atoms with Gasteiger partial charge in [0.05, 0.1) is 32.3 Å². The van der Waals surface area contributed by atoms with Gasteiger partial charge in [0.2, 0.25) is 41.4 Å². The summed E-state index contributed by atoms with van der Waals surface area (Å²) in [4.78, 5) is 149. The summed E-state index contributed by atoms with van der Waals surface area (Å²) in [5.74, 6) is -8.45. The number of aliphatic hydroxyl groups is 1. The molecule has 3 saturated heterocycles. The maximum Gasteiger partial charge on any atom is 0.407 e. The number of aromatic nitrogens is 1. The van der Waals surface area contributed by atoms with E-state index in [9.17, 15) is 44.1 Å². The number of aliphatic hydroxyl groups excluding tert-OH is 1. The molecule has 91 heavy (non-hydrogen) atoms. The number of H-pyrrole nitrogens is 1. The molecule has 1 aromatic heterocycles. The third-order valence-electron chi connectivity index (χ3n) is 16.8. The lowest BCUT2D eigenvalue weighted by molar-refractivity contribution is -0.143. The molecule has 28 heteroatoms. The molecule has 3 aliphatic rings. The summed E-state index contributed by atoms with van der Waals surface area (Å²) in [6.07, 6.45) is -1.21. The summed E-state index contributed by atoms with van der Waals surface area (Å²) < 4.78 is 5.85. The molecule has 494 valence electrons. The average Bonchev–Trinajstić information content (AvgIpc) is 1.98. The highest BCUT2D eigenvalue weighted by atomic mass is 16.6. The van der Waals surface area contributed by atoms with Crippen molar-refractivity contribution in [2.45, 2.75) is 114 Å². The van der Waals surface area contributed by atoms with Crippen LogP contribution in [0.5, 0.6) is 5.75 Å². The van der Waals surface area contributed by atoms with E-state index in [1.165, 1.54) is 19.1 Å². The molecular weight excluding hydrogens is 1180 g/mol. The lowest BCUT2D eigenvalue weighted by Crippen LogP contribution is -2.63. The third-order valence-corrected chi connectivity index (χ3v) is 16.8. The number of carbonyl (C=O) groups is 10. The number of alkyl carbamates (subject to hydrolysis) is 1. The molecule has 28 nitrogen and oxygen atoms in total. The summed E-state index contributed by atoms with van der Waals surface area (Å²) in [7, 11) is 1.61. The zero-order chi connectivity index (χ0) is 65.7. The second-order valence-electron chi connectivity index (χ2n) is 23.7. The summed E-state index contributed by atoms with van der Waals surface area (Å²) in [6, 6.07) is 13.1. The van der Waals surface area contributed by atoms with Crippen LogP contribution in [0.25, 0.3) is 10.9 Å². The number of nitrogens with one attached hydrogen (secondary N) is 9. The first-order valence-electron chi connectivity index (χ1n) is 30.9. The number of fused-ring (bicyclic) bond motifs is 2. The van der Waals surface area contributed by atoms with Gasteiger partial charge in [-0.05, 0) is 93.7 Å². The zero-order valence-electron chi connectivity index (χ0n) is 51.9. The first-order valence-corrected chi connectivity index (χ1v) is 30.9. The van der Waals surface area contributed by atoms with Gasteiger partial charge in [0, 0.05) is 81.5 Å². The molecule has 4 heterocycles. The van der Waals surface area contributed by atoms with Crippen molar-refractivity contribution >= 4 is 70.3 Å². The SMILES string of the molecule is CCN(CCN(CCN(C)CC(=O)O)CC(=O)O)CC(=O)NCCNC(=O)O[C@@H]1C[C@H]2C(=O)N[C@@H](Cc3ccc(O)cc3)C(=O)N[C@H]([C@@H](C)c3c[nH]c4ccccc34)C(=O)N[C@@H](CC3CCNCC3)C(=O)N[C@@H]([C@@H](C)O)C(=O)N[C@@H](Cc3ccccc3)C(=O)N2C1. The van der Waals surface area contributed by atoms with Crippen molar-refractivity contribution in [1.29, 1.82) is 0 Å². The number of carboxylic acids is 2. The van der Waals surface area contributed by atoms with Crippen LogP contribution in [0.4, 0.5) is 4.79 Å². The molecule has 0 unspecified atom stereocenters. The van der Waals surface area contributed by atoms with Crippen LogP contribution in [0.1, 0.15) is 69.1 Å². The van der Waals surface area contributed by atoms with Gasteiger partial charge in [-0.1, -0.05) is 74.5 Å². The lowest BCUT2D eigenvalue weighted by Gasteiger charge is -2.33. The molecule has 7 rings (SSSR count). The molecule has 4 aromatic rings. The van der Waals surface area contributed by atoms with E-state index in [2.05, 4.69) is 47.5 Å². The van der Waals surface area contributed by atoms with Crippen molar-refractivity contribution < 1.29 is 73.1 Å². The van der Waals surface area contributed by atoms with Crippen molar-refractivity contribution in [3.8, 4) is 5.75 Å². The standard InChI is InChI=1S/C63H87N13O15/c1-5-74(27-28-75(37-54(82)83)26-25-73(4)36-53(80)81)35-52(79)65-23-24-66-63(90)91-44-32-51-59(86)68-48(29-41-15-17-43(78)18-16-41)57(84)71-55(38(2)46-33-67-47-14-10-9-13-45(46)47)60(87)69-49(30-42-19-21-64-22-20-42)58(85)72-56(39(3)77)61(88)70-50(62(89)76(51)34-44)31-40-11-7-6-8-12-40/h6-18,33,38-39,42,44,48-51,55-56,64,67,77-78H,5,19-32,34-37H2,1-4H3,(H,65,79)(H,66,90)(H,68,86)(H,69,87)(H,70,88)(H,71,84)(H,72,85)(H,80,81)(H,82,83)/t38-,39+,44+,48-,49-,50-,51-,55+,56-/m0/s1. The van der Waals surface area contributed by atoms with E-state index in [4.69, 9.17) is 9.84 Å². The van der Waals surface area contributed by atoms with Crippen molar-refractivity contribution in [3.05, 3.63) is 102 Å². The minimum Gasteiger partial charge on any atom is -0.508 e. The molecule has 0 spiro atoms. The summed E-state index contributed by atoms with van der Waals surface area (Å²) in [6.45, 7) is 6.65. The maximum absolute atomic E-state index is 15.3. The second kappa shape index (κ2) is 33.9. The number of phenols is 1. The van der Waals surface area contributed by atoms with E-state index in [0.717, 1.165) is 15.8 Å². The molecular formula is C63H87N13O15. The van der Waals surface area contributed by atoms with Crippen LogP contribution in [-0.4, -0.2) is 245 Å². The number of carbonyl (C=O) groups excluding carboxylic acids is 8. The molecule has 8 amide bonds. The fourth-order valence-electron chi connectivity index (χ4n) is 11.7. The average molecular weight is 1270 g/mol. The minimum atomic E-state index is -1.68. The van der Waals surface area contributed by atoms with Gasteiger partial charge in [0.1, 0.15) is 48.1 Å². The quantitative estimate of drug-likeness (QED) is 0.0343. The van der Waals surface area contributed by atoms with E-state index in [1.54, 1.807) is 77.3 Å². The number of amides is 8. The van der Waals surface area contributed by atoms with Crippen molar-refractivity contribution in [1.82, 2.24) is 67.1 Å². The Hall–Kier alpha value is -8.70. The van der Waals surface area contributed by atoms with Crippen LogP contribution in [0, 0.1) is 5.92 Å². The highest BCUT2D eigenvalue weighted by molar-refractivity contribution is 5.99. The normalized spacial score (nSPS) is 22.2. The first kappa shape index (κ1) is 69.8. The number of aromatic amines is 1. The number of hydrogen-bond donors (Lipinski definition) is 13. The van der Waals surface area contributed by atoms with Crippen molar-refractivity contribution in [2.75, 3.05) is 92.1 Å². The molecule has 3 fully saturated rings. The van der Waals surface area contributed by atoms with Gasteiger partial charge in [-0.15, -0.1) is 0 Å². The smallest absolute Gasteiger partial charge is 0.407 e. The monoisotopic (exact) mass is 1270 g/mol. The molecule has 3 aliphatic heterocycles. The van der Waals surface area contributed by atoms with Crippen LogP contribution in [0.3, 0.4) is 0 Å². The topological polar surface area (TPSA) is 386 Å². The maximum atomic E-state index is 15.3. The van der Waals surface area contributed by atoms with Gasteiger partial charge in [-0.25, -0.2) is 4.79 Å². The Balaban J connectivity index is 1.15. The van der Waals surface area contributed by atoms with E-state index >= 15 is 19.2 Å². The molecule has 0 bridgehead atoms. The number of aliphatic carboxylic acids is 2. The van der Waals surface area contributed by atoms with Crippen molar-refractivity contribution in [3.63, 3.8) is 0 Å². The number of rotatable bonds is 26. The number of benzene rings is 3. The molecule has 0 saturated carbocycles. The van der Waals surface area contributed by atoms with Gasteiger partial charge in [-0.3, -0.25) is 57.9 Å². The van der Waals surface area contributed by atoms with E-state index in [1.807, 2.05) is 31.2 Å². The first-order chi connectivity index (χ1) is 43.5. The number of para-hydroxylation sites is 1. The van der Waals surface area contributed by atoms with Crippen LogP contribution in [0.2, 0.25) is 0 Å². The van der Waals surface area contributed by atoms with Gasteiger partial charge in [-0.2, -0.15) is 0 Å². The van der Waals surface area contributed by atoms with Gasteiger partial charge in [0.25, 0.3) is 0 Å². The Morgan fingerprint density at radius 2 is 1.26 bits per heavy atom. The molecule has 9 atom stereocenters. The highest BCUT2D eigenvalue weighted by Gasteiger charge is 2.46. The minimum absolute atomic E-state index is 0.0476. The molecule has 3 aromatic carbocycles. The van der Waals surface area contributed by atoms with E-state index in [0.29, 0.717) is 62.3 Å². The van der Waals surface area contributed by atoms with Crippen molar-refractivity contribution in [2.24, 2.45) is 5.92 Å². The predicted molar refractivity (Wildman–Crippen MR) is 333 cm³/mol. The number of phenolic OH excluding ortho intramolecular Hbond substituents is 1. The lowest BCUT2D eigenvalue weighted by atomic mass is 9.89. The number of carboxylic acid groups (broad SMARTS) is 2. The molecule has 0 aliphatic carbocycles. The number of aromatic hydroxyl groups is 1. The van der Waals surface area contributed by atoms with Gasteiger partial charge >= 0.3 is 18.0 Å². The Labute approximate surface area is 527 Å². The molecule has 0 radical (unpaired) electrons. The summed E-state index contributed by atoms with van der Waals surface area (Å²) in [5.41, 5.74) is 2.44. The number of hydrogen-bond acceptors (Lipinski definition) is 17. The fourth-order valence-corrected chi connectivity index (χ4v) is 11.7. The third kappa shape index (κ3) is 20.9. The largest absolute Gasteiger partial charge is 0.508 e. The number of nitrogens with zero attached hydrogens (tertiary/aromatic N) is 4. The Bertz CT molecular complexity index is 3140. The number of piperidine rings is 1. The van der Waals surface area contributed by atoms with Gasteiger partial charge in [0.15, 0.2) is 0 Å². The number of likely N-dealkylation sites (N-methyl/N-ethyl adjacent to an activating group) is 2. The fraction of sp³-hybridized carbons (Fsp3) is 0.524. The van der Waals surface area contributed by atoms with Crippen LogP contribution >= 0.6 is 0 Å². The zero-order valence-corrected chi connectivity index (χ0v) is 51.9. The second-order valence-corrected chi connectivity index (χ2v) is 23.7. The van der Waals surface area contributed by atoms with E-state index < -0.39 is 120 Å². The van der Waals surface area contributed by atoms with Gasteiger partial charge < -0.3 is 77.6 Å². The Morgan fingerprint density at radius 3 is 1.96 bits per heavy atom. The summed E-state index contributed by atoms with van der Waals surface area (Å²) in [5, 5.41) is 63.5. The Morgan fingerprint density at radius 1 is 0.670 bits per heavy atom. The number of ether oxygens (including phenoxy) is 1. The summed E-state index contributed by atoms with van der Waals surface area (Å²) >= 11 is 0. The van der Waals surface area contributed by atoms with Crippen LogP contribution in [0.15, 0.2) is 85.1 Å². The molecule has 13 N–H and O–H groups in total.